The molecule has 0 aromatic carbocycles. The fraction of sp³-hybridized carbons (Fsp3) is 0.550. The van der Waals surface area contributed by atoms with Crippen LogP contribution in [-0.4, -0.2) is 47.3 Å². The highest BCUT2D eigenvalue weighted by molar-refractivity contribution is 5.95. The highest BCUT2D eigenvalue weighted by atomic mass is 16.5. The van der Waals surface area contributed by atoms with Crippen LogP contribution in [0, 0.1) is 6.92 Å². The Balaban J connectivity index is 1.55. The van der Waals surface area contributed by atoms with E-state index in [0.717, 1.165) is 31.4 Å². The first-order chi connectivity index (χ1) is 13.1. The Hall–Kier alpha value is -2.41. The highest BCUT2D eigenvalue weighted by Crippen LogP contribution is 2.29. The van der Waals surface area contributed by atoms with Gasteiger partial charge in [0.05, 0.1) is 0 Å². The number of piperidine rings is 1. The number of aromatic amines is 1. The third kappa shape index (κ3) is 3.69. The van der Waals surface area contributed by atoms with Crippen molar-refractivity contribution < 1.29 is 13.9 Å². The van der Waals surface area contributed by atoms with Crippen LogP contribution in [0.15, 0.2) is 27.5 Å². The van der Waals surface area contributed by atoms with Gasteiger partial charge < -0.3 is 14.1 Å². The summed E-state index contributed by atoms with van der Waals surface area (Å²) in [5, 5.41) is 7.00. The lowest BCUT2D eigenvalue weighted by atomic mass is 9.93. The van der Waals surface area contributed by atoms with Crippen molar-refractivity contribution in [2.24, 2.45) is 0 Å². The first kappa shape index (κ1) is 18.0. The summed E-state index contributed by atoms with van der Waals surface area (Å²) in [4.78, 5) is 27.5. The number of hydrogen-bond acceptors (Lipinski definition) is 5. The van der Waals surface area contributed by atoms with E-state index in [1.54, 1.807) is 11.1 Å². The van der Waals surface area contributed by atoms with E-state index in [4.69, 9.17) is 9.15 Å². The molecule has 0 bridgehead atoms. The molecule has 0 radical (unpaired) electrons. The largest absolute Gasteiger partial charge is 0.427 e. The smallest absolute Gasteiger partial charge is 0.349 e. The molecule has 2 aromatic heterocycles. The van der Waals surface area contributed by atoms with Gasteiger partial charge in [0, 0.05) is 50.0 Å². The molecular formula is C20H25N3O4. The molecule has 2 aliphatic rings. The van der Waals surface area contributed by atoms with E-state index in [-0.39, 0.29) is 23.3 Å². The summed E-state index contributed by atoms with van der Waals surface area (Å²) in [7, 11) is 0. The second-order valence-electron chi connectivity index (χ2n) is 7.48. The van der Waals surface area contributed by atoms with Crippen LogP contribution >= 0.6 is 0 Å². The number of carbonyl (C=O) groups excluding carboxylic acids is 1. The predicted octanol–water partition coefficient (Wildman–Crippen LogP) is 2.59. The van der Waals surface area contributed by atoms with E-state index in [2.05, 4.69) is 10.2 Å². The topological polar surface area (TPSA) is 88.4 Å². The van der Waals surface area contributed by atoms with Gasteiger partial charge in [-0.2, -0.15) is 5.10 Å². The zero-order valence-corrected chi connectivity index (χ0v) is 15.6. The number of amides is 1. The summed E-state index contributed by atoms with van der Waals surface area (Å²) in [6.45, 7) is 4.42. The number of H-pyrrole nitrogens is 1. The second-order valence-corrected chi connectivity index (χ2v) is 7.48. The molecule has 27 heavy (non-hydrogen) atoms. The Morgan fingerprint density at radius 2 is 2.07 bits per heavy atom. The van der Waals surface area contributed by atoms with Gasteiger partial charge in [-0.1, -0.05) is 0 Å². The molecule has 144 valence electrons. The normalized spacial score (nSPS) is 21.4. The van der Waals surface area contributed by atoms with Crippen molar-refractivity contribution in [1.82, 2.24) is 15.1 Å². The predicted molar refractivity (Wildman–Crippen MR) is 99.0 cm³/mol. The maximum absolute atomic E-state index is 13.1. The van der Waals surface area contributed by atoms with Crippen LogP contribution in [-0.2, 0) is 4.74 Å². The van der Waals surface area contributed by atoms with Crippen LogP contribution in [0.25, 0.3) is 0 Å². The van der Waals surface area contributed by atoms with Gasteiger partial charge in [0.15, 0.2) is 0 Å². The van der Waals surface area contributed by atoms with Crippen LogP contribution in [0.4, 0.5) is 0 Å². The van der Waals surface area contributed by atoms with Gasteiger partial charge in [0.2, 0.25) is 0 Å². The summed E-state index contributed by atoms with van der Waals surface area (Å²) in [5.74, 6) is 0.850. The molecule has 2 saturated heterocycles. The maximum Gasteiger partial charge on any atom is 0.349 e. The maximum atomic E-state index is 13.1. The van der Waals surface area contributed by atoms with Crippen molar-refractivity contribution in [1.29, 1.82) is 0 Å². The van der Waals surface area contributed by atoms with Crippen molar-refractivity contribution in [3.63, 3.8) is 0 Å². The van der Waals surface area contributed by atoms with E-state index >= 15 is 0 Å². The molecular weight excluding hydrogens is 346 g/mol. The second kappa shape index (κ2) is 7.68. The van der Waals surface area contributed by atoms with Gasteiger partial charge >= 0.3 is 5.63 Å². The Labute approximate surface area is 157 Å². The lowest BCUT2D eigenvalue weighted by Crippen LogP contribution is -2.41. The number of nitrogens with zero attached hydrogens (tertiary/aromatic N) is 2. The van der Waals surface area contributed by atoms with Gasteiger partial charge in [0.25, 0.3) is 5.91 Å². The van der Waals surface area contributed by atoms with Crippen LogP contribution in [0.1, 0.15) is 64.9 Å². The summed E-state index contributed by atoms with van der Waals surface area (Å²) >= 11 is 0. The SMILES string of the molecule is Cc1cc(C2CCOCC2)oc(=O)c1C(=O)N1CCCC(c2ccn[nH]2)C1. The zero-order chi connectivity index (χ0) is 18.8. The number of aromatic nitrogens is 2. The number of aryl methyl sites for hydroxylation is 1. The number of hydrogen-bond donors (Lipinski definition) is 1. The third-order valence-electron chi connectivity index (χ3n) is 5.68. The molecule has 1 amide bonds. The van der Waals surface area contributed by atoms with E-state index in [0.29, 0.717) is 37.6 Å². The number of ether oxygens (including phenoxy) is 1. The Morgan fingerprint density at radius 3 is 2.78 bits per heavy atom. The van der Waals surface area contributed by atoms with Crippen LogP contribution in [0.3, 0.4) is 0 Å². The van der Waals surface area contributed by atoms with Crippen LogP contribution in [0.2, 0.25) is 0 Å². The molecule has 4 heterocycles. The molecule has 2 aliphatic heterocycles. The van der Waals surface area contributed by atoms with E-state index in [1.807, 2.05) is 19.1 Å². The molecule has 4 rings (SSSR count). The van der Waals surface area contributed by atoms with Gasteiger partial charge in [-0.25, -0.2) is 4.79 Å². The standard InChI is InChI=1S/C20H25N3O4/c1-13-11-17(14-5-9-26-10-6-14)27-20(25)18(13)19(24)23-8-2-3-15(12-23)16-4-7-21-22-16/h4,7,11,14-15H,2-3,5-6,8-10,12H2,1H3,(H,21,22). The molecule has 0 saturated carbocycles. The average molecular weight is 371 g/mol. The van der Waals surface area contributed by atoms with E-state index in [9.17, 15) is 9.59 Å². The Kier molecular flexibility index (Phi) is 5.11. The number of nitrogens with one attached hydrogen (secondary N) is 1. The molecule has 2 aromatic rings. The first-order valence-electron chi connectivity index (χ1n) is 9.64. The minimum atomic E-state index is -0.523. The van der Waals surface area contributed by atoms with E-state index in [1.165, 1.54) is 0 Å². The first-order valence-corrected chi connectivity index (χ1v) is 9.64. The van der Waals surface area contributed by atoms with Gasteiger partial charge in [-0.05, 0) is 50.3 Å². The molecule has 0 spiro atoms. The van der Waals surface area contributed by atoms with Gasteiger partial charge in [0.1, 0.15) is 11.3 Å². The number of likely N-dealkylation sites (tertiary alicyclic amines) is 1. The molecule has 1 atom stereocenters. The van der Waals surface area contributed by atoms with Crippen LogP contribution in [0.5, 0.6) is 0 Å². The lowest BCUT2D eigenvalue weighted by molar-refractivity contribution is 0.0695. The zero-order valence-electron chi connectivity index (χ0n) is 15.6. The van der Waals surface area contributed by atoms with Crippen LogP contribution < -0.4 is 5.63 Å². The molecule has 1 N–H and O–H groups in total. The summed E-state index contributed by atoms with van der Waals surface area (Å²) in [6.07, 6.45) is 5.31. The minimum Gasteiger partial charge on any atom is -0.427 e. The van der Waals surface area contributed by atoms with Gasteiger partial charge in [-0.15, -0.1) is 0 Å². The average Bonchev–Trinajstić information content (AvgIpc) is 3.23. The minimum absolute atomic E-state index is 0.163. The van der Waals surface area contributed by atoms with Gasteiger partial charge in [-0.3, -0.25) is 9.89 Å². The summed E-state index contributed by atoms with van der Waals surface area (Å²) in [6, 6.07) is 3.81. The van der Waals surface area contributed by atoms with E-state index < -0.39 is 5.63 Å². The summed E-state index contributed by atoms with van der Waals surface area (Å²) in [5.41, 5.74) is 1.37. The fourth-order valence-corrected chi connectivity index (χ4v) is 4.14. The fourth-order valence-electron chi connectivity index (χ4n) is 4.14. The molecule has 7 nitrogen and oxygen atoms in total. The quantitative estimate of drug-likeness (QED) is 0.896. The third-order valence-corrected chi connectivity index (χ3v) is 5.68. The number of rotatable bonds is 3. The molecule has 2 fully saturated rings. The Bertz CT molecular complexity index is 853. The lowest BCUT2D eigenvalue weighted by Gasteiger charge is -2.32. The Morgan fingerprint density at radius 1 is 1.26 bits per heavy atom. The highest BCUT2D eigenvalue weighted by Gasteiger charge is 2.30. The van der Waals surface area contributed by atoms with Crippen molar-refractivity contribution >= 4 is 5.91 Å². The van der Waals surface area contributed by atoms with Crippen molar-refractivity contribution in [2.75, 3.05) is 26.3 Å². The van der Waals surface area contributed by atoms with Crippen molar-refractivity contribution in [3.05, 3.63) is 51.3 Å². The van der Waals surface area contributed by atoms with Crippen molar-refractivity contribution in [2.45, 2.75) is 44.4 Å². The molecule has 0 aliphatic carbocycles. The monoisotopic (exact) mass is 371 g/mol. The van der Waals surface area contributed by atoms with Crippen molar-refractivity contribution in [3.8, 4) is 0 Å². The summed E-state index contributed by atoms with van der Waals surface area (Å²) < 4.78 is 10.9. The molecule has 7 heteroatoms. The molecule has 1 unspecified atom stereocenters. The number of carbonyl (C=O) groups is 1.